The fraction of sp³-hybridized carbons (Fsp3) is 0.150. The number of aryl methyl sites for hydroxylation is 1. The van der Waals surface area contributed by atoms with Gasteiger partial charge in [-0.25, -0.2) is 4.39 Å². The van der Waals surface area contributed by atoms with Crippen LogP contribution in [0.4, 0.5) is 4.39 Å². The van der Waals surface area contributed by atoms with Crippen LogP contribution in [0.15, 0.2) is 48.5 Å². The third-order valence-electron chi connectivity index (χ3n) is 4.08. The van der Waals surface area contributed by atoms with E-state index in [1.807, 2.05) is 6.07 Å². The van der Waals surface area contributed by atoms with Crippen LogP contribution in [-0.4, -0.2) is 23.8 Å². The lowest BCUT2D eigenvalue weighted by atomic mass is 10.1. The molecule has 132 valence electrons. The van der Waals surface area contributed by atoms with Gasteiger partial charge in [0, 0.05) is 30.6 Å². The van der Waals surface area contributed by atoms with E-state index in [-0.39, 0.29) is 24.2 Å². The summed E-state index contributed by atoms with van der Waals surface area (Å²) in [6, 6.07) is 13.0. The SMILES string of the molecule is CNC(=O)c1cccc(CNC(=O)c2cc3ccc(F)cc3nc2C)c1. The molecule has 2 N–H and O–H groups in total. The minimum absolute atomic E-state index is 0.181. The van der Waals surface area contributed by atoms with E-state index in [1.54, 1.807) is 44.3 Å². The molecular weight excluding hydrogens is 333 g/mol. The lowest BCUT2D eigenvalue weighted by Crippen LogP contribution is -2.24. The number of benzene rings is 2. The van der Waals surface area contributed by atoms with Gasteiger partial charge < -0.3 is 10.6 Å². The Bertz CT molecular complexity index is 1000. The Hall–Kier alpha value is -3.28. The number of hydrogen-bond acceptors (Lipinski definition) is 3. The second kappa shape index (κ2) is 7.31. The van der Waals surface area contributed by atoms with E-state index in [9.17, 15) is 14.0 Å². The van der Waals surface area contributed by atoms with Gasteiger partial charge in [-0.3, -0.25) is 14.6 Å². The molecule has 2 amide bonds. The van der Waals surface area contributed by atoms with Crippen molar-refractivity contribution in [1.29, 1.82) is 0 Å². The molecule has 0 aliphatic rings. The van der Waals surface area contributed by atoms with Crippen LogP contribution in [-0.2, 0) is 6.54 Å². The van der Waals surface area contributed by atoms with Crippen molar-refractivity contribution in [2.45, 2.75) is 13.5 Å². The van der Waals surface area contributed by atoms with E-state index in [2.05, 4.69) is 15.6 Å². The van der Waals surface area contributed by atoms with E-state index in [1.165, 1.54) is 12.1 Å². The quantitative estimate of drug-likeness (QED) is 0.759. The highest BCUT2D eigenvalue weighted by Crippen LogP contribution is 2.18. The van der Waals surface area contributed by atoms with Crippen molar-refractivity contribution in [2.24, 2.45) is 0 Å². The Morgan fingerprint density at radius 3 is 2.65 bits per heavy atom. The fourth-order valence-corrected chi connectivity index (χ4v) is 2.71. The molecule has 26 heavy (non-hydrogen) atoms. The van der Waals surface area contributed by atoms with Crippen LogP contribution >= 0.6 is 0 Å². The zero-order chi connectivity index (χ0) is 18.7. The molecule has 0 spiro atoms. The summed E-state index contributed by atoms with van der Waals surface area (Å²) < 4.78 is 13.3. The minimum Gasteiger partial charge on any atom is -0.355 e. The average Bonchev–Trinajstić information content (AvgIpc) is 2.65. The predicted molar refractivity (Wildman–Crippen MR) is 97.4 cm³/mol. The Kier molecular flexibility index (Phi) is 4.93. The summed E-state index contributed by atoms with van der Waals surface area (Å²) in [5.74, 6) is -0.816. The first-order valence-electron chi connectivity index (χ1n) is 8.14. The molecule has 3 aromatic rings. The van der Waals surface area contributed by atoms with E-state index in [0.29, 0.717) is 27.7 Å². The minimum atomic E-state index is -0.363. The van der Waals surface area contributed by atoms with Crippen LogP contribution in [0.3, 0.4) is 0 Å². The van der Waals surface area contributed by atoms with Gasteiger partial charge >= 0.3 is 0 Å². The number of aromatic nitrogens is 1. The van der Waals surface area contributed by atoms with Crippen LogP contribution in [0, 0.1) is 12.7 Å². The number of carbonyl (C=O) groups excluding carboxylic acids is 2. The van der Waals surface area contributed by atoms with Crippen molar-refractivity contribution in [1.82, 2.24) is 15.6 Å². The van der Waals surface area contributed by atoms with Crippen LogP contribution < -0.4 is 10.6 Å². The number of hydrogen-bond donors (Lipinski definition) is 2. The summed E-state index contributed by atoms with van der Waals surface area (Å²) in [5, 5.41) is 6.10. The smallest absolute Gasteiger partial charge is 0.253 e. The zero-order valence-corrected chi connectivity index (χ0v) is 14.5. The van der Waals surface area contributed by atoms with E-state index in [0.717, 1.165) is 5.56 Å². The van der Waals surface area contributed by atoms with Crippen molar-refractivity contribution >= 4 is 22.7 Å². The van der Waals surface area contributed by atoms with Gasteiger partial charge in [0.25, 0.3) is 11.8 Å². The van der Waals surface area contributed by atoms with E-state index < -0.39 is 0 Å². The molecule has 0 atom stereocenters. The molecule has 0 radical (unpaired) electrons. The molecular formula is C20H18FN3O2. The van der Waals surface area contributed by atoms with Crippen molar-refractivity contribution in [3.05, 3.63) is 76.7 Å². The number of fused-ring (bicyclic) bond motifs is 1. The summed E-state index contributed by atoms with van der Waals surface area (Å²) in [6.07, 6.45) is 0. The van der Waals surface area contributed by atoms with Crippen molar-refractivity contribution < 1.29 is 14.0 Å². The molecule has 0 aliphatic heterocycles. The topological polar surface area (TPSA) is 71.1 Å². The number of carbonyl (C=O) groups is 2. The number of nitrogens with zero attached hydrogens (tertiary/aromatic N) is 1. The lowest BCUT2D eigenvalue weighted by molar-refractivity contribution is 0.0948. The summed E-state index contributed by atoms with van der Waals surface area (Å²) in [4.78, 5) is 28.5. The molecule has 1 aromatic heterocycles. The van der Waals surface area contributed by atoms with Crippen LogP contribution in [0.2, 0.25) is 0 Å². The van der Waals surface area contributed by atoms with Crippen LogP contribution in [0.1, 0.15) is 32.0 Å². The van der Waals surface area contributed by atoms with Crippen LogP contribution in [0.5, 0.6) is 0 Å². The lowest BCUT2D eigenvalue weighted by Gasteiger charge is -2.10. The Labute approximate surface area is 150 Å². The standard InChI is InChI=1S/C20H18FN3O2/c1-12-17(9-14-6-7-16(21)10-18(14)24-12)20(26)23-11-13-4-3-5-15(8-13)19(25)22-2/h3-10H,11H2,1-2H3,(H,22,25)(H,23,26). The average molecular weight is 351 g/mol. The summed E-state index contributed by atoms with van der Waals surface area (Å²) >= 11 is 0. The molecule has 0 aliphatic carbocycles. The zero-order valence-electron chi connectivity index (χ0n) is 14.5. The van der Waals surface area contributed by atoms with E-state index >= 15 is 0 Å². The molecule has 0 fully saturated rings. The Balaban J connectivity index is 1.78. The second-order valence-electron chi connectivity index (χ2n) is 5.92. The molecule has 0 saturated heterocycles. The maximum Gasteiger partial charge on any atom is 0.253 e. The van der Waals surface area contributed by atoms with Crippen molar-refractivity contribution in [2.75, 3.05) is 7.05 Å². The Morgan fingerprint density at radius 2 is 1.88 bits per heavy atom. The maximum atomic E-state index is 13.3. The Morgan fingerprint density at radius 1 is 1.08 bits per heavy atom. The predicted octanol–water partition coefficient (Wildman–Crippen LogP) is 2.97. The van der Waals surface area contributed by atoms with Crippen molar-refractivity contribution in [3.8, 4) is 0 Å². The molecule has 5 nitrogen and oxygen atoms in total. The first kappa shape index (κ1) is 17.5. The summed E-state index contributed by atoms with van der Waals surface area (Å²) in [6.45, 7) is 2.00. The maximum absolute atomic E-state index is 13.3. The highest BCUT2D eigenvalue weighted by atomic mass is 19.1. The largest absolute Gasteiger partial charge is 0.355 e. The molecule has 0 unspecified atom stereocenters. The van der Waals surface area contributed by atoms with E-state index in [4.69, 9.17) is 0 Å². The fourth-order valence-electron chi connectivity index (χ4n) is 2.71. The van der Waals surface area contributed by atoms with Gasteiger partial charge in [-0.1, -0.05) is 12.1 Å². The van der Waals surface area contributed by atoms with Crippen molar-refractivity contribution in [3.63, 3.8) is 0 Å². The molecule has 0 bridgehead atoms. The summed E-state index contributed by atoms with van der Waals surface area (Å²) in [7, 11) is 1.57. The molecule has 2 aromatic carbocycles. The molecule has 1 heterocycles. The third kappa shape index (κ3) is 3.69. The number of pyridine rings is 1. The molecule has 0 saturated carbocycles. The van der Waals surface area contributed by atoms with Gasteiger partial charge in [0.2, 0.25) is 0 Å². The highest BCUT2D eigenvalue weighted by molar-refractivity contribution is 5.98. The first-order chi connectivity index (χ1) is 12.5. The van der Waals surface area contributed by atoms with Gasteiger partial charge in [-0.15, -0.1) is 0 Å². The van der Waals surface area contributed by atoms with Gasteiger partial charge in [-0.2, -0.15) is 0 Å². The van der Waals surface area contributed by atoms with Gasteiger partial charge in [-0.05, 0) is 42.8 Å². The number of nitrogens with one attached hydrogen (secondary N) is 2. The monoisotopic (exact) mass is 351 g/mol. The second-order valence-corrected chi connectivity index (χ2v) is 5.92. The summed E-state index contributed by atoms with van der Waals surface area (Å²) in [5.41, 5.74) is 2.82. The third-order valence-corrected chi connectivity index (χ3v) is 4.08. The van der Waals surface area contributed by atoms with Gasteiger partial charge in [0.15, 0.2) is 0 Å². The van der Waals surface area contributed by atoms with Gasteiger partial charge in [0.05, 0.1) is 16.8 Å². The molecule has 3 rings (SSSR count). The van der Waals surface area contributed by atoms with Crippen LogP contribution in [0.25, 0.3) is 10.9 Å². The molecule has 6 heteroatoms. The highest BCUT2D eigenvalue weighted by Gasteiger charge is 2.12. The number of halogens is 1. The normalized spacial score (nSPS) is 10.6. The number of rotatable bonds is 4. The number of amides is 2. The first-order valence-corrected chi connectivity index (χ1v) is 8.14. The van der Waals surface area contributed by atoms with Gasteiger partial charge in [0.1, 0.15) is 5.82 Å².